The monoisotopic (exact) mass is 609 g/mol. The molecule has 1 aromatic carbocycles. The van der Waals surface area contributed by atoms with Crippen molar-refractivity contribution in [2.45, 2.75) is 69.6 Å². The molecular formula is C32H43N5O3S2. The van der Waals surface area contributed by atoms with E-state index in [0.717, 1.165) is 38.2 Å². The molecule has 2 N–H and O–H groups in total. The first-order valence-corrected chi connectivity index (χ1v) is 17.6. The van der Waals surface area contributed by atoms with Gasteiger partial charge in [0, 0.05) is 49.6 Å². The molecule has 0 radical (unpaired) electrons. The maximum absolute atomic E-state index is 13.6. The van der Waals surface area contributed by atoms with Gasteiger partial charge in [0.1, 0.15) is 12.1 Å². The van der Waals surface area contributed by atoms with Gasteiger partial charge in [0.2, 0.25) is 11.8 Å². The number of pyridine rings is 1. The molecule has 0 unspecified atom stereocenters. The zero-order valence-electron chi connectivity index (χ0n) is 24.3. The minimum absolute atomic E-state index is 0.0953. The quantitative estimate of drug-likeness (QED) is 0.395. The zero-order chi connectivity index (χ0) is 29.1. The summed E-state index contributed by atoms with van der Waals surface area (Å²) in [5, 5.41) is 6.32. The van der Waals surface area contributed by atoms with Crippen molar-refractivity contribution in [1.29, 1.82) is 0 Å². The van der Waals surface area contributed by atoms with E-state index in [9.17, 15) is 14.4 Å². The number of nitrogens with zero attached hydrogens (tertiary/aromatic N) is 3. The molecule has 1 saturated carbocycles. The van der Waals surface area contributed by atoms with Crippen molar-refractivity contribution in [2.24, 2.45) is 5.92 Å². The molecule has 42 heavy (non-hydrogen) atoms. The highest BCUT2D eigenvalue weighted by molar-refractivity contribution is 7.99. The van der Waals surface area contributed by atoms with Gasteiger partial charge in [0.05, 0.1) is 11.4 Å². The second-order valence-corrected chi connectivity index (χ2v) is 13.8. The molecule has 1 aromatic heterocycles. The molecule has 2 aliphatic heterocycles. The lowest BCUT2D eigenvalue weighted by Crippen LogP contribution is -2.56. The second kappa shape index (κ2) is 15.8. The van der Waals surface area contributed by atoms with Crippen molar-refractivity contribution < 1.29 is 14.4 Å². The predicted molar refractivity (Wildman–Crippen MR) is 170 cm³/mol. The van der Waals surface area contributed by atoms with Gasteiger partial charge in [-0.2, -0.15) is 11.8 Å². The van der Waals surface area contributed by atoms with Crippen LogP contribution in [0.4, 0.5) is 0 Å². The highest BCUT2D eigenvalue weighted by Crippen LogP contribution is 2.27. The number of hydrogen-bond donors (Lipinski definition) is 2. The molecule has 226 valence electrons. The standard InChI is InChI=1S/C32H43N5O3S2/c38-30(34-27-13-16-36(17-14-27)19-24-8-3-1-4-9-24)28(21-41-20-25-10-5-2-6-11-25)35-31(39)29-22-42-23-37(29)32(40)26-12-7-15-33-18-26/h1,3-4,7-9,12,15,18,25,27-29H,2,5-6,10-11,13-14,16-17,19-23H2,(H,34,38)(H,35,39)/t28-,29-/m0/s1. The Hall–Kier alpha value is -2.56. The van der Waals surface area contributed by atoms with Crippen LogP contribution in [-0.2, 0) is 16.1 Å². The number of hydrogen-bond acceptors (Lipinski definition) is 7. The van der Waals surface area contributed by atoms with Gasteiger partial charge >= 0.3 is 0 Å². The molecule has 3 amide bonds. The molecule has 2 saturated heterocycles. The summed E-state index contributed by atoms with van der Waals surface area (Å²) in [5.41, 5.74) is 1.77. The lowest BCUT2D eigenvalue weighted by Gasteiger charge is -2.33. The van der Waals surface area contributed by atoms with Crippen molar-refractivity contribution in [1.82, 2.24) is 25.4 Å². The Balaban J connectivity index is 1.17. The van der Waals surface area contributed by atoms with Gasteiger partial charge in [0.25, 0.3) is 5.91 Å². The lowest BCUT2D eigenvalue weighted by molar-refractivity contribution is -0.130. The largest absolute Gasteiger partial charge is 0.351 e. The smallest absolute Gasteiger partial charge is 0.256 e. The van der Waals surface area contributed by atoms with E-state index in [1.54, 1.807) is 46.8 Å². The van der Waals surface area contributed by atoms with Gasteiger partial charge in [-0.15, -0.1) is 11.8 Å². The van der Waals surface area contributed by atoms with Gasteiger partial charge in [-0.25, -0.2) is 0 Å². The molecule has 3 aliphatic rings. The average molecular weight is 610 g/mol. The number of carbonyl (C=O) groups is 3. The number of rotatable bonds is 11. The molecule has 5 rings (SSSR count). The van der Waals surface area contributed by atoms with Gasteiger partial charge in [-0.3, -0.25) is 24.3 Å². The number of piperidine rings is 1. The topological polar surface area (TPSA) is 94.6 Å². The van der Waals surface area contributed by atoms with E-state index in [4.69, 9.17) is 0 Å². The minimum Gasteiger partial charge on any atom is -0.351 e. The summed E-state index contributed by atoms with van der Waals surface area (Å²) < 4.78 is 0. The third-order valence-corrected chi connectivity index (χ3v) is 10.8. The van der Waals surface area contributed by atoms with Crippen LogP contribution in [0.25, 0.3) is 0 Å². The lowest BCUT2D eigenvalue weighted by atomic mass is 9.91. The van der Waals surface area contributed by atoms with Gasteiger partial charge in [0.15, 0.2) is 0 Å². The number of benzene rings is 1. The summed E-state index contributed by atoms with van der Waals surface area (Å²) in [5.74, 6) is 2.63. The Kier molecular flexibility index (Phi) is 11.6. The number of likely N-dealkylation sites (tertiary alicyclic amines) is 1. The minimum atomic E-state index is -0.630. The third-order valence-electron chi connectivity index (χ3n) is 8.53. The fourth-order valence-corrected chi connectivity index (χ4v) is 8.48. The van der Waals surface area contributed by atoms with E-state index in [0.29, 0.717) is 28.9 Å². The van der Waals surface area contributed by atoms with Crippen LogP contribution in [0.5, 0.6) is 0 Å². The van der Waals surface area contributed by atoms with Crippen LogP contribution in [0.3, 0.4) is 0 Å². The van der Waals surface area contributed by atoms with Crippen molar-refractivity contribution in [2.75, 3.05) is 36.2 Å². The van der Waals surface area contributed by atoms with E-state index in [1.165, 1.54) is 43.9 Å². The van der Waals surface area contributed by atoms with Gasteiger partial charge < -0.3 is 15.5 Å². The van der Waals surface area contributed by atoms with E-state index < -0.39 is 12.1 Å². The summed E-state index contributed by atoms with van der Waals surface area (Å²) in [6, 6.07) is 12.8. The molecule has 2 aromatic rings. The van der Waals surface area contributed by atoms with Gasteiger partial charge in [-0.05, 0) is 55.1 Å². The maximum atomic E-state index is 13.6. The Labute approximate surface area is 258 Å². The van der Waals surface area contributed by atoms with E-state index in [2.05, 4.69) is 44.8 Å². The normalized spacial score (nSPS) is 21.1. The Morgan fingerprint density at radius 1 is 1.00 bits per heavy atom. The second-order valence-electron chi connectivity index (χ2n) is 11.7. The first-order chi connectivity index (χ1) is 20.6. The molecule has 3 heterocycles. The molecule has 10 heteroatoms. The fraction of sp³-hybridized carbons (Fsp3) is 0.562. The summed E-state index contributed by atoms with van der Waals surface area (Å²) in [6.45, 7) is 2.78. The zero-order valence-corrected chi connectivity index (χ0v) is 25.9. The number of carbonyl (C=O) groups excluding carboxylic acids is 3. The molecule has 3 fully saturated rings. The van der Waals surface area contributed by atoms with Crippen molar-refractivity contribution in [3.05, 3.63) is 66.0 Å². The molecule has 2 atom stereocenters. The van der Waals surface area contributed by atoms with Crippen LogP contribution in [0.2, 0.25) is 0 Å². The Bertz CT molecular complexity index is 1160. The van der Waals surface area contributed by atoms with E-state index >= 15 is 0 Å². The van der Waals surface area contributed by atoms with Crippen LogP contribution in [-0.4, -0.2) is 86.9 Å². The molecule has 0 spiro atoms. The SMILES string of the molecule is O=C(NC1CCN(Cc2ccccc2)CC1)[C@H](CSCC1CCCCC1)NC(=O)[C@@H]1CSCN1C(=O)c1cccnc1. The molecule has 0 bridgehead atoms. The first kappa shape index (κ1) is 30.9. The first-order valence-electron chi connectivity index (χ1n) is 15.3. The summed E-state index contributed by atoms with van der Waals surface area (Å²) in [4.78, 5) is 48.4. The van der Waals surface area contributed by atoms with Crippen LogP contribution < -0.4 is 10.6 Å². The highest BCUT2D eigenvalue weighted by Gasteiger charge is 2.37. The predicted octanol–water partition coefficient (Wildman–Crippen LogP) is 4.18. The molecular weight excluding hydrogens is 567 g/mol. The number of nitrogens with one attached hydrogen (secondary N) is 2. The Morgan fingerprint density at radius 3 is 2.52 bits per heavy atom. The van der Waals surface area contributed by atoms with Crippen LogP contribution in [0.1, 0.15) is 60.9 Å². The van der Waals surface area contributed by atoms with Crippen LogP contribution >= 0.6 is 23.5 Å². The van der Waals surface area contributed by atoms with Crippen molar-refractivity contribution in [3.8, 4) is 0 Å². The molecule has 8 nitrogen and oxygen atoms in total. The summed E-state index contributed by atoms with van der Waals surface area (Å²) in [6.07, 6.45) is 11.3. The third kappa shape index (κ3) is 8.74. The van der Waals surface area contributed by atoms with E-state index in [-0.39, 0.29) is 23.8 Å². The van der Waals surface area contributed by atoms with Crippen LogP contribution in [0, 0.1) is 5.92 Å². The fourth-order valence-electron chi connectivity index (χ4n) is 6.05. The highest BCUT2D eigenvalue weighted by atomic mass is 32.2. The maximum Gasteiger partial charge on any atom is 0.256 e. The number of aromatic nitrogens is 1. The summed E-state index contributed by atoms with van der Waals surface area (Å²) in [7, 11) is 0. The molecule has 1 aliphatic carbocycles. The van der Waals surface area contributed by atoms with Gasteiger partial charge in [-0.1, -0.05) is 49.6 Å². The van der Waals surface area contributed by atoms with E-state index in [1.807, 2.05) is 6.07 Å². The number of amides is 3. The van der Waals surface area contributed by atoms with Crippen molar-refractivity contribution in [3.63, 3.8) is 0 Å². The average Bonchev–Trinajstić information content (AvgIpc) is 3.53. The van der Waals surface area contributed by atoms with Crippen molar-refractivity contribution >= 4 is 41.2 Å². The Morgan fingerprint density at radius 2 is 1.79 bits per heavy atom. The number of thioether (sulfide) groups is 2. The van der Waals surface area contributed by atoms with Crippen LogP contribution in [0.15, 0.2) is 54.9 Å². The summed E-state index contributed by atoms with van der Waals surface area (Å²) >= 11 is 3.33.